The van der Waals surface area contributed by atoms with E-state index in [0.717, 1.165) is 17.7 Å². The summed E-state index contributed by atoms with van der Waals surface area (Å²) < 4.78 is 10.4. The van der Waals surface area contributed by atoms with Gasteiger partial charge in [0.05, 0.1) is 19.9 Å². The number of hydrogen-bond acceptors (Lipinski definition) is 5. The van der Waals surface area contributed by atoms with Gasteiger partial charge in [0.25, 0.3) is 0 Å². The molecule has 5 heteroatoms. The average Bonchev–Trinajstić information content (AvgIpc) is 2.35. The van der Waals surface area contributed by atoms with Crippen LogP contribution in [0.5, 0.6) is 11.9 Å². The Morgan fingerprint density at radius 2 is 1.89 bits per heavy atom. The molecule has 5 nitrogen and oxygen atoms in total. The minimum Gasteiger partial charge on any atom is -0.481 e. The van der Waals surface area contributed by atoms with Crippen LogP contribution < -0.4 is 9.47 Å². The van der Waals surface area contributed by atoms with Gasteiger partial charge in [0, 0.05) is 12.0 Å². The van der Waals surface area contributed by atoms with Gasteiger partial charge >= 0.3 is 6.01 Å². The van der Waals surface area contributed by atoms with E-state index >= 15 is 0 Å². The zero-order valence-corrected chi connectivity index (χ0v) is 12.3. The molecule has 0 N–H and O–H groups in total. The van der Waals surface area contributed by atoms with Crippen LogP contribution in [0.4, 0.5) is 0 Å². The Kier molecular flexibility index (Phi) is 5.73. The number of carbonyl (C=O) groups is 1. The predicted molar refractivity (Wildman–Crippen MR) is 72.7 cm³/mol. The van der Waals surface area contributed by atoms with E-state index in [2.05, 4.69) is 23.8 Å². The number of methoxy groups -OCH3 is 2. The number of hydrogen-bond donors (Lipinski definition) is 0. The Bertz CT molecular complexity index is 445. The van der Waals surface area contributed by atoms with Crippen molar-refractivity contribution in [3.05, 3.63) is 11.3 Å². The van der Waals surface area contributed by atoms with Crippen molar-refractivity contribution in [3.8, 4) is 11.9 Å². The van der Waals surface area contributed by atoms with E-state index < -0.39 is 0 Å². The molecule has 0 aliphatic heterocycles. The zero-order valence-electron chi connectivity index (χ0n) is 12.3. The number of Topliss-reactive ketones (excluding diaryl/α,β-unsaturated/α-hetero) is 1. The summed E-state index contributed by atoms with van der Waals surface area (Å²) in [7, 11) is 3.10. The Hall–Kier alpha value is -1.65. The molecular weight excluding hydrogens is 244 g/mol. The van der Waals surface area contributed by atoms with Gasteiger partial charge in [-0.2, -0.15) is 9.97 Å². The maximum atomic E-state index is 11.2. The van der Waals surface area contributed by atoms with Crippen LogP contribution in [0.1, 0.15) is 38.4 Å². The molecule has 1 heterocycles. The molecular formula is C14H22N2O3. The molecule has 0 aromatic carbocycles. The van der Waals surface area contributed by atoms with Crippen molar-refractivity contribution in [3.63, 3.8) is 0 Å². The number of rotatable bonds is 7. The van der Waals surface area contributed by atoms with Crippen LogP contribution in [-0.4, -0.2) is 30.0 Å². The molecule has 0 saturated carbocycles. The van der Waals surface area contributed by atoms with Crippen LogP contribution in [0.25, 0.3) is 0 Å². The van der Waals surface area contributed by atoms with E-state index in [1.54, 1.807) is 14.0 Å². The summed E-state index contributed by atoms with van der Waals surface area (Å²) in [4.78, 5) is 19.7. The molecule has 0 bridgehead atoms. The van der Waals surface area contributed by atoms with Crippen molar-refractivity contribution in [2.24, 2.45) is 5.92 Å². The number of ketones is 1. The molecule has 0 unspecified atom stereocenters. The van der Waals surface area contributed by atoms with Gasteiger partial charge in [0.15, 0.2) is 0 Å². The summed E-state index contributed by atoms with van der Waals surface area (Å²) in [5, 5.41) is 0. The molecule has 0 atom stereocenters. The van der Waals surface area contributed by atoms with E-state index in [1.165, 1.54) is 7.11 Å². The summed E-state index contributed by atoms with van der Waals surface area (Å²) in [5.41, 5.74) is 1.81. The van der Waals surface area contributed by atoms with Crippen LogP contribution in [-0.2, 0) is 17.6 Å². The van der Waals surface area contributed by atoms with Gasteiger partial charge < -0.3 is 14.3 Å². The van der Waals surface area contributed by atoms with Gasteiger partial charge in [0.2, 0.25) is 5.88 Å². The summed E-state index contributed by atoms with van der Waals surface area (Å²) in [6.45, 7) is 5.82. The van der Waals surface area contributed by atoms with Crippen LogP contribution >= 0.6 is 0 Å². The van der Waals surface area contributed by atoms with Crippen LogP contribution in [0.2, 0.25) is 0 Å². The lowest BCUT2D eigenvalue weighted by molar-refractivity contribution is -0.116. The standard InChI is InChI=1S/C14H22N2O3/c1-9(2)8-12-11(7-6-10(3)17)13(18-4)16-14(15-12)19-5/h9H,6-8H2,1-5H3. The highest BCUT2D eigenvalue weighted by atomic mass is 16.5. The third kappa shape index (κ3) is 4.50. The Morgan fingerprint density at radius 3 is 2.37 bits per heavy atom. The first-order valence-corrected chi connectivity index (χ1v) is 6.45. The van der Waals surface area contributed by atoms with Crippen LogP contribution in [0.3, 0.4) is 0 Å². The SMILES string of the molecule is COc1nc(CC(C)C)c(CCC(C)=O)c(OC)n1. The van der Waals surface area contributed by atoms with Crippen molar-refractivity contribution in [1.82, 2.24) is 9.97 Å². The Labute approximate surface area is 114 Å². The van der Waals surface area contributed by atoms with Gasteiger partial charge in [-0.3, -0.25) is 0 Å². The third-order valence-electron chi connectivity index (χ3n) is 2.74. The minimum absolute atomic E-state index is 0.147. The van der Waals surface area contributed by atoms with E-state index in [1.807, 2.05) is 0 Å². The van der Waals surface area contributed by atoms with Crippen LogP contribution in [0, 0.1) is 5.92 Å². The molecule has 19 heavy (non-hydrogen) atoms. The molecule has 1 aromatic heterocycles. The summed E-state index contributed by atoms with van der Waals surface area (Å²) >= 11 is 0. The fourth-order valence-corrected chi connectivity index (χ4v) is 1.85. The first kappa shape index (κ1) is 15.4. The summed E-state index contributed by atoms with van der Waals surface area (Å²) in [6.07, 6.45) is 1.88. The zero-order chi connectivity index (χ0) is 14.4. The molecule has 0 radical (unpaired) electrons. The number of ether oxygens (including phenoxy) is 2. The second-order valence-corrected chi connectivity index (χ2v) is 4.94. The van der Waals surface area contributed by atoms with Gasteiger partial charge in [-0.05, 0) is 25.7 Å². The van der Waals surface area contributed by atoms with Crippen molar-refractivity contribution in [2.45, 2.75) is 40.0 Å². The quantitative estimate of drug-likeness (QED) is 0.757. The Morgan fingerprint density at radius 1 is 1.21 bits per heavy atom. The fourth-order valence-electron chi connectivity index (χ4n) is 1.85. The van der Waals surface area contributed by atoms with Crippen molar-refractivity contribution in [2.75, 3.05) is 14.2 Å². The third-order valence-corrected chi connectivity index (χ3v) is 2.74. The molecule has 0 aliphatic carbocycles. The molecule has 0 fully saturated rings. The first-order chi connectivity index (χ1) is 8.97. The number of carbonyl (C=O) groups excluding carboxylic acids is 1. The average molecular weight is 266 g/mol. The van der Waals surface area contributed by atoms with Gasteiger partial charge in [-0.25, -0.2) is 0 Å². The minimum atomic E-state index is 0.147. The topological polar surface area (TPSA) is 61.3 Å². The highest BCUT2D eigenvalue weighted by Gasteiger charge is 2.17. The number of aromatic nitrogens is 2. The van der Waals surface area contributed by atoms with Gasteiger partial charge in [-0.1, -0.05) is 13.8 Å². The summed E-state index contributed by atoms with van der Waals surface area (Å²) in [5.74, 6) is 1.11. The molecule has 1 aromatic rings. The molecule has 1 rings (SSSR count). The fraction of sp³-hybridized carbons (Fsp3) is 0.643. The first-order valence-electron chi connectivity index (χ1n) is 6.45. The van der Waals surface area contributed by atoms with Gasteiger partial charge in [-0.15, -0.1) is 0 Å². The molecule has 0 aliphatic rings. The monoisotopic (exact) mass is 266 g/mol. The smallest absolute Gasteiger partial charge is 0.319 e. The molecule has 0 amide bonds. The lowest BCUT2D eigenvalue weighted by Gasteiger charge is -2.14. The second kappa shape index (κ2) is 7.07. The number of nitrogens with zero attached hydrogens (tertiary/aromatic N) is 2. The van der Waals surface area contributed by atoms with Crippen LogP contribution in [0.15, 0.2) is 0 Å². The normalized spacial score (nSPS) is 10.6. The Balaban J connectivity index is 3.16. The highest BCUT2D eigenvalue weighted by molar-refractivity contribution is 5.75. The van der Waals surface area contributed by atoms with E-state index in [9.17, 15) is 4.79 Å². The van der Waals surface area contributed by atoms with E-state index in [-0.39, 0.29) is 5.78 Å². The van der Waals surface area contributed by atoms with Crippen molar-refractivity contribution >= 4 is 5.78 Å². The van der Waals surface area contributed by atoms with E-state index in [4.69, 9.17) is 9.47 Å². The van der Waals surface area contributed by atoms with Crippen molar-refractivity contribution < 1.29 is 14.3 Å². The maximum Gasteiger partial charge on any atom is 0.319 e. The lowest BCUT2D eigenvalue weighted by atomic mass is 10.0. The predicted octanol–water partition coefficient (Wildman–Crippen LogP) is 2.21. The van der Waals surface area contributed by atoms with Gasteiger partial charge in [0.1, 0.15) is 5.78 Å². The second-order valence-electron chi connectivity index (χ2n) is 4.94. The maximum absolute atomic E-state index is 11.2. The largest absolute Gasteiger partial charge is 0.481 e. The molecule has 0 spiro atoms. The summed E-state index contributed by atoms with van der Waals surface area (Å²) in [6, 6.07) is 0.305. The lowest BCUT2D eigenvalue weighted by Crippen LogP contribution is -2.10. The van der Waals surface area contributed by atoms with E-state index in [0.29, 0.717) is 30.7 Å². The van der Waals surface area contributed by atoms with Crippen molar-refractivity contribution in [1.29, 1.82) is 0 Å². The highest BCUT2D eigenvalue weighted by Crippen LogP contribution is 2.25. The molecule has 0 saturated heterocycles. The molecule has 106 valence electrons.